The summed E-state index contributed by atoms with van der Waals surface area (Å²) in [5, 5.41) is 2.92. The monoisotopic (exact) mass is 551 g/mol. The van der Waals surface area contributed by atoms with Crippen LogP contribution in [0, 0.1) is 13.8 Å². The fourth-order valence-corrected chi connectivity index (χ4v) is 4.84. The largest absolute Gasteiger partial charge is 0.352 e. The van der Waals surface area contributed by atoms with Crippen molar-refractivity contribution in [3.05, 3.63) is 63.6 Å². The van der Waals surface area contributed by atoms with Crippen molar-refractivity contribution in [3.8, 4) is 0 Å². The van der Waals surface area contributed by atoms with E-state index in [-0.39, 0.29) is 18.5 Å². The molecule has 0 heterocycles. The smallest absolute Gasteiger partial charge is 0.244 e. The predicted octanol–water partition coefficient (Wildman–Crippen LogP) is 4.16. The highest BCUT2D eigenvalue weighted by atomic mass is 79.9. The van der Waals surface area contributed by atoms with Gasteiger partial charge in [0.15, 0.2) is 0 Å². The van der Waals surface area contributed by atoms with E-state index >= 15 is 0 Å². The Balaban J connectivity index is 2.43. The first kappa shape index (κ1) is 27.9. The second-order valence-corrected chi connectivity index (χ2v) is 11.5. The molecule has 0 aliphatic rings. The Hall–Kier alpha value is -2.39. The molecule has 2 aromatic carbocycles. The summed E-state index contributed by atoms with van der Waals surface area (Å²) in [6.07, 6.45) is 1.85. The highest BCUT2D eigenvalue weighted by Crippen LogP contribution is 2.27. The van der Waals surface area contributed by atoms with Gasteiger partial charge >= 0.3 is 0 Å². The van der Waals surface area contributed by atoms with Crippen molar-refractivity contribution < 1.29 is 18.0 Å². The van der Waals surface area contributed by atoms with E-state index in [2.05, 4.69) is 21.2 Å². The Morgan fingerprint density at radius 1 is 1.03 bits per heavy atom. The summed E-state index contributed by atoms with van der Waals surface area (Å²) in [5.41, 5.74) is 2.82. The SMILES string of the molecule is CC[C@H](C)NC(=O)[C@H](C)N(Cc1ccc(Br)cc1)C(=O)CN(c1c(C)cccc1C)S(C)(=O)=O. The van der Waals surface area contributed by atoms with Crippen molar-refractivity contribution in [1.82, 2.24) is 10.2 Å². The van der Waals surface area contributed by atoms with Crippen LogP contribution in [0.2, 0.25) is 0 Å². The Morgan fingerprint density at radius 3 is 2.09 bits per heavy atom. The Labute approximate surface area is 211 Å². The lowest BCUT2D eigenvalue weighted by Crippen LogP contribution is -2.52. The van der Waals surface area contributed by atoms with E-state index in [0.29, 0.717) is 5.69 Å². The minimum atomic E-state index is -3.76. The fraction of sp³-hybridized carbons (Fsp3) is 0.440. The first-order chi connectivity index (χ1) is 15.8. The highest BCUT2D eigenvalue weighted by molar-refractivity contribution is 9.10. The number of hydrogen-bond donors (Lipinski definition) is 1. The van der Waals surface area contributed by atoms with Crippen LogP contribution in [0.3, 0.4) is 0 Å². The first-order valence-electron chi connectivity index (χ1n) is 11.2. The first-order valence-corrected chi connectivity index (χ1v) is 13.9. The average molecular weight is 553 g/mol. The van der Waals surface area contributed by atoms with Crippen molar-refractivity contribution in [2.45, 2.75) is 59.7 Å². The molecule has 0 aliphatic heterocycles. The number of para-hydroxylation sites is 1. The molecule has 2 aromatic rings. The van der Waals surface area contributed by atoms with Crippen LogP contribution in [0.25, 0.3) is 0 Å². The van der Waals surface area contributed by atoms with Crippen molar-refractivity contribution >= 4 is 43.5 Å². The second-order valence-electron chi connectivity index (χ2n) is 8.65. The summed E-state index contributed by atoms with van der Waals surface area (Å²) in [6.45, 7) is 8.93. The number of benzene rings is 2. The van der Waals surface area contributed by atoms with Crippen LogP contribution in [0.5, 0.6) is 0 Å². The zero-order chi connectivity index (χ0) is 25.6. The van der Waals surface area contributed by atoms with Crippen LogP contribution >= 0.6 is 15.9 Å². The number of halogens is 1. The Morgan fingerprint density at radius 2 is 1.59 bits per heavy atom. The molecule has 0 radical (unpaired) electrons. The average Bonchev–Trinajstić information content (AvgIpc) is 2.76. The molecule has 2 rings (SSSR count). The van der Waals surface area contributed by atoms with Gasteiger partial charge in [-0.2, -0.15) is 0 Å². The maximum atomic E-state index is 13.6. The third-order valence-electron chi connectivity index (χ3n) is 5.80. The summed E-state index contributed by atoms with van der Waals surface area (Å²) in [7, 11) is -3.76. The normalized spacial score (nSPS) is 13.1. The Kier molecular flexibility index (Phi) is 9.70. The lowest BCUT2D eigenvalue weighted by molar-refractivity contribution is -0.139. The van der Waals surface area contributed by atoms with Crippen LogP contribution in [0.1, 0.15) is 43.9 Å². The lowest BCUT2D eigenvalue weighted by Gasteiger charge is -2.32. The molecule has 9 heteroatoms. The molecule has 0 aromatic heterocycles. The number of amides is 2. The topological polar surface area (TPSA) is 86.8 Å². The van der Waals surface area contributed by atoms with E-state index in [0.717, 1.165) is 38.1 Å². The van der Waals surface area contributed by atoms with E-state index in [4.69, 9.17) is 0 Å². The summed E-state index contributed by atoms with van der Waals surface area (Å²) in [6, 6.07) is 12.1. The van der Waals surface area contributed by atoms with Gasteiger partial charge in [0, 0.05) is 17.1 Å². The number of hydrogen-bond acceptors (Lipinski definition) is 4. The quantitative estimate of drug-likeness (QED) is 0.480. The molecule has 186 valence electrons. The molecule has 7 nitrogen and oxygen atoms in total. The molecular formula is C25H34BrN3O4S. The molecule has 2 amide bonds. The van der Waals surface area contributed by atoms with E-state index in [1.807, 2.05) is 70.2 Å². The van der Waals surface area contributed by atoms with Gasteiger partial charge in [-0.25, -0.2) is 8.42 Å². The number of carbonyl (C=O) groups excluding carboxylic acids is 2. The number of aryl methyl sites for hydroxylation is 2. The molecular weight excluding hydrogens is 518 g/mol. The van der Waals surface area contributed by atoms with Crippen LogP contribution in [-0.2, 0) is 26.2 Å². The van der Waals surface area contributed by atoms with Gasteiger partial charge in [-0.05, 0) is 62.9 Å². The number of nitrogens with zero attached hydrogens (tertiary/aromatic N) is 2. The fourth-order valence-electron chi connectivity index (χ4n) is 3.61. The standard InChI is InChI=1S/C25H34BrN3O4S/c1-7-19(4)27-25(31)20(5)28(15-21-11-13-22(26)14-12-21)23(30)16-29(34(6,32)33)24-17(2)9-8-10-18(24)3/h8-14,19-20H,7,15-16H2,1-6H3,(H,27,31)/t19-,20-/m0/s1. The maximum absolute atomic E-state index is 13.6. The van der Waals surface area contributed by atoms with Gasteiger partial charge in [-0.1, -0.05) is 53.2 Å². The summed E-state index contributed by atoms with van der Waals surface area (Å²) < 4.78 is 27.5. The third-order valence-corrected chi connectivity index (χ3v) is 7.44. The number of anilines is 1. The number of rotatable bonds is 10. The van der Waals surface area contributed by atoms with Crippen LogP contribution in [-0.4, -0.2) is 50.0 Å². The van der Waals surface area contributed by atoms with Gasteiger partial charge in [0.1, 0.15) is 12.6 Å². The van der Waals surface area contributed by atoms with Crippen molar-refractivity contribution in [2.24, 2.45) is 0 Å². The second kappa shape index (κ2) is 11.8. The minimum absolute atomic E-state index is 0.0401. The predicted molar refractivity (Wildman–Crippen MR) is 140 cm³/mol. The summed E-state index contributed by atoms with van der Waals surface area (Å²) in [5.74, 6) is -0.736. The van der Waals surface area contributed by atoms with Crippen molar-refractivity contribution in [1.29, 1.82) is 0 Å². The molecule has 0 aliphatic carbocycles. The minimum Gasteiger partial charge on any atom is -0.352 e. The van der Waals surface area contributed by atoms with E-state index in [1.54, 1.807) is 6.92 Å². The summed E-state index contributed by atoms with van der Waals surface area (Å²) >= 11 is 3.40. The summed E-state index contributed by atoms with van der Waals surface area (Å²) in [4.78, 5) is 28.0. The van der Waals surface area contributed by atoms with E-state index < -0.39 is 28.5 Å². The van der Waals surface area contributed by atoms with Crippen molar-refractivity contribution in [2.75, 3.05) is 17.1 Å². The van der Waals surface area contributed by atoms with Gasteiger partial charge in [0.05, 0.1) is 11.9 Å². The van der Waals surface area contributed by atoms with Gasteiger partial charge < -0.3 is 10.2 Å². The van der Waals surface area contributed by atoms with E-state index in [9.17, 15) is 18.0 Å². The van der Waals surface area contributed by atoms with Crippen LogP contribution in [0.4, 0.5) is 5.69 Å². The number of sulfonamides is 1. The zero-order valence-electron chi connectivity index (χ0n) is 20.6. The molecule has 0 spiro atoms. The molecule has 34 heavy (non-hydrogen) atoms. The maximum Gasteiger partial charge on any atom is 0.244 e. The lowest BCUT2D eigenvalue weighted by atomic mass is 10.1. The van der Waals surface area contributed by atoms with E-state index in [1.165, 1.54) is 4.90 Å². The number of carbonyl (C=O) groups is 2. The molecule has 1 N–H and O–H groups in total. The van der Waals surface area contributed by atoms with Gasteiger partial charge in [0.2, 0.25) is 21.8 Å². The zero-order valence-corrected chi connectivity index (χ0v) is 23.0. The molecule has 0 bridgehead atoms. The number of nitrogens with one attached hydrogen (secondary N) is 1. The molecule has 0 saturated heterocycles. The van der Waals surface area contributed by atoms with Gasteiger partial charge in [0.25, 0.3) is 0 Å². The third kappa shape index (κ3) is 7.30. The van der Waals surface area contributed by atoms with Gasteiger partial charge in [-0.3, -0.25) is 13.9 Å². The van der Waals surface area contributed by atoms with Gasteiger partial charge in [-0.15, -0.1) is 0 Å². The Bertz CT molecular complexity index is 1100. The highest BCUT2D eigenvalue weighted by Gasteiger charge is 2.31. The molecule has 0 saturated carbocycles. The van der Waals surface area contributed by atoms with Crippen LogP contribution < -0.4 is 9.62 Å². The van der Waals surface area contributed by atoms with Crippen LogP contribution in [0.15, 0.2) is 46.9 Å². The molecule has 2 atom stereocenters. The molecule has 0 unspecified atom stereocenters. The van der Waals surface area contributed by atoms with Crippen molar-refractivity contribution in [3.63, 3.8) is 0 Å². The molecule has 0 fully saturated rings.